The molecule has 6 heteroatoms. The smallest absolute Gasteiger partial charge is 0.228 e. The predicted molar refractivity (Wildman–Crippen MR) is 79.4 cm³/mol. The molecule has 4 atom stereocenters. The van der Waals surface area contributed by atoms with Gasteiger partial charge in [-0.1, -0.05) is 23.8 Å². The van der Waals surface area contributed by atoms with Crippen molar-refractivity contribution < 1.29 is 19.4 Å². The number of hydrogen-bond acceptors (Lipinski definition) is 4. The van der Waals surface area contributed by atoms with Gasteiger partial charge in [0, 0.05) is 16.9 Å². The number of amides is 1. The minimum Gasteiger partial charge on any atom is -0.550 e. The normalized spacial score (nSPS) is 28.6. The van der Waals surface area contributed by atoms with E-state index in [1.807, 2.05) is 12.2 Å². The summed E-state index contributed by atoms with van der Waals surface area (Å²) in [5.74, 6) is -2.61. The van der Waals surface area contributed by atoms with Crippen molar-refractivity contribution in [3.63, 3.8) is 0 Å². The number of benzene rings is 1. The van der Waals surface area contributed by atoms with Gasteiger partial charge in [0.25, 0.3) is 0 Å². The second-order valence-electron chi connectivity index (χ2n) is 5.65. The molecular weight excluding hydrogens is 306 g/mol. The van der Waals surface area contributed by atoms with E-state index in [0.29, 0.717) is 22.9 Å². The van der Waals surface area contributed by atoms with E-state index < -0.39 is 17.8 Å². The van der Waals surface area contributed by atoms with Crippen LogP contribution in [-0.2, 0) is 9.59 Å². The van der Waals surface area contributed by atoms with Crippen LogP contribution >= 0.6 is 11.6 Å². The van der Waals surface area contributed by atoms with Crippen LogP contribution in [0.5, 0.6) is 5.75 Å². The van der Waals surface area contributed by atoms with E-state index in [2.05, 4.69) is 5.32 Å². The Kier molecular flexibility index (Phi) is 3.83. The Morgan fingerprint density at radius 1 is 1.27 bits per heavy atom. The van der Waals surface area contributed by atoms with Crippen LogP contribution < -0.4 is 15.2 Å². The third-order valence-corrected chi connectivity index (χ3v) is 4.69. The number of carbonyl (C=O) groups excluding carboxylic acids is 2. The van der Waals surface area contributed by atoms with Crippen LogP contribution in [0.25, 0.3) is 0 Å². The predicted octanol–water partition coefficient (Wildman–Crippen LogP) is 1.48. The van der Waals surface area contributed by atoms with Gasteiger partial charge in [0.2, 0.25) is 5.91 Å². The van der Waals surface area contributed by atoms with E-state index in [1.165, 1.54) is 7.11 Å². The molecule has 0 unspecified atom stereocenters. The summed E-state index contributed by atoms with van der Waals surface area (Å²) in [6, 6.07) is 4.88. The molecule has 5 nitrogen and oxygen atoms in total. The number of halogens is 1. The minimum absolute atomic E-state index is 0.0573. The lowest BCUT2D eigenvalue weighted by Crippen LogP contribution is -2.42. The number of anilines is 1. The van der Waals surface area contributed by atoms with Gasteiger partial charge < -0.3 is 20.0 Å². The van der Waals surface area contributed by atoms with Gasteiger partial charge in [0.1, 0.15) is 5.75 Å². The quantitative estimate of drug-likeness (QED) is 0.852. The number of ether oxygens (including phenoxy) is 1. The first-order chi connectivity index (χ1) is 10.5. The van der Waals surface area contributed by atoms with Crippen LogP contribution in [-0.4, -0.2) is 19.0 Å². The van der Waals surface area contributed by atoms with Crippen LogP contribution in [0.3, 0.4) is 0 Å². The molecule has 0 spiro atoms. The average molecular weight is 321 g/mol. The van der Waals surface area contributed by atoms with E-state index in [0.717, 1.165) is 0 Å². The molecule has 116 valence electrons. The summed E-state index contributed by atoms with van der Waals surface area (Å²) in [5.41, 5.74) is 0.434. The monoisotopic (exact) mass is 320 g/mol. The van der Waals surface area contributed by atoms with Gasteiger partial charge in [-0.2, -0.15) is 0 Å². The first-order valence-corrected chi connectivity index (χ1v) is 7.42. The largest absolute Gasteiger partial charge is 0.550 e. The number of fused-ring (bicyclic) bond motifs is 2. The maximum atomic E-state index is 12.6. The summed E-state index contributed by atoms with van der Waals surface area (Å²) in [6.45, 7) is 0. The molecule has 1 amide bonds. The van der Waals surface area contributed by atoms with Crippen molar-refractivity contribution in [1.29, 1.82) is 0 Å². The maximum absolute atomic E-state index is 12.6. The lowest BCUT2D eigenvalue weighted by atomic mass is 9.82. The van der Waals surface area contributed by atoms with Crippen molar-refractivity contribution in [2.24, 2.45) is 23.7 Å². The van der Waals surface area contributed by atoms with Crippen LogP contribution in [0.15, 0.2) is 30.4 Å². The molecule has 0 saturated heterocycles. The molecule has 1 N–H and O–H groups in total. The molecular formula is C16H15ClNO4-. The lowest BCUT2D eigenvalue weighted by Gasteiger charge is -2.28. The Labute approximate surface area is 132 Å². The number of aliphatic carboxylic acids is 1. The number of methoxy groups -OCH3 is 1. The van der Waals surface area contributed by atoms with Crippen LogP contribution in [0, 0.1) is 23.7 Å². The molecule has 0 aliphatic heterocycles. The summed E-state index contributed by atoms with van der Waals surface area (Å²) < 4.78 is 5.18. The SMILES string of the molecule is COc1ccc(Cl)cc1NC(=O)[C@H]1[C@@H](C(=O)[O-])[C@H]2C=C[C@@H]1C2. The van der Waals surface area contributed by atoms with E-state index in [-0.39, 0.29) is 17.7 Å². The number of rotatable bonds is 4. The summed E-state index contributed by atoms with van der Waals surface area (Å²) in [7, 11) is 1.49. The Morgan fingerprint density at radius 3 is 2.59 bits per heavy atom. The van der Waals surface area contributed by atoms with Gasteiger partial charge in [-0.05, 0) is 36.5 Å². The topological polar surface area (TPSA) is 78.5 Å². The first-order valence-electron chi connectivity index (χ1n) is 7.05. The van der Waals surface area contributed by atoms with E-state index >= 15 is 0 Å². The average Bonchev–Trinajstić information content (AvgIpc) is 3.08. The minimum atomic E-state index is -1.17. The molecule has 2 aliphatic rings. The third kappa shape index (κ3) is 2.46. The number of nitrogens with one attached hydrogen (secondary N) is 1. The number of carboxylic acids is 1. The molecule has 1 aromatic rings. The highest BCUT2D eigenvalue weighted by atomic mass is 35.5. The van der Waals surface area contributed by atoms with Gasteiger partial charge in [0.05, 0.1) is 18.7 Å². The number of hydrogen-bond donors (Lipinski definition) is 1. The number of allylic oxidation sites excluding steroid dienone is 2. The molecule has 0 radical (unpaired) electrons. The fourth-order valence-electron chi connectivity index (χ4n) is 3.49. The number of carboxylic acid groups (broad SMARTS) is 1. The van der Waals surface area contributed by atoms with Crippen molar-refractivity contribution in [3.8, 4) is 5.75 Å². The summed E-state index contributed by atoms with van der Waals surface area (Å²) in [6.07, 6.45) is 4.47. The molecule has 1 aromatic carbocycles. The molecule has 1 fully saturated rings. The standard InChI is InChI=1S/C16H16ClNO4/c1-22-12-5-4-10(17)7-11(12)18-15(19)13-8-2-3-9(6-8)14(13)16(20)21/h2-5,7-9,13-14H,6H2,1H3,(H,18,19)(H,20,21)/p-1/t8-,9+,13-,14+/m1/s1. The van der Waals surface area contributed by atoms with Crippen molar-refractivity contribution in [2.45, 2.75) is 6.42 Å². The van der Waals surface area contributed by atoms with Gasteiger partial charge in [-0.25, -0.2) is 0 Å². The maximum Gasteiger partial charge on any atom is 0.228 e. The van der Waals surface area contributed by atoms with E-state index in [9.17, 15) is 14.7 Å². The fourth-order valence-corrected chi connectivity index (χ4v) is 3.67. The van der Waals surface area contributed by atoms with Crippen LogP contribution in [0.4, 0.5) is 5.69 Å². The molecule has 22 heavy (non-hydrogen) atoms. The van der Waals surface area contributed by atoms with Crippen molar-refractivity contribution in [1.82, 2.24) is 0 Å². The fraction of sp³-hybridized carbons (Fsp3) is 0.375. The Hall–Kier alpha value is -2.01. The summed E-state index contributed by atoms with van der Waals surface area (Å²) in [5, 5.41) is 14.6. The zero-order chi connectivity index (χ0) is 15.9. The van der Waals surface area contributed by atoms with Crippen molar-refractivity contribution in [3.05, 3.63) is 35.4 Å². The van der Waals surface area contributed by atoms with Crippen LogP contribution in [0.2, 0.25) is 5.02 Å². The Morgan fingerprint density at radius 2 is 1.95 bits per heavy atom. The van der Waals surface area contributed by atoms with Gasteiger partial charge in [-0.3, -0.25) is 4.79 Å². The van der Waals surface area contributed by atoms with Crippen LogP contribution in [0.1, 0.15) is 6.42 Å². The second-order valence-corrected chi connectivity index (χ2v) is 6.09. The highest BCUT2D eigenvalue weighted by Crippen LogP contribution is 2.48. The molecule has 1 saturated carbocycles. The van der Waals surface area contributed by atoms with Crippen molar-refractivity contribution in [2.75, 3.05) is 12.4 Å². The zero-order valence-electron chi connectivity index (χ0n) is 11.9. The lowest BCUT2D eigenvalue weighted by molar-refractivity contribution is -0.313. The number of carbonyl (C=O) groups is 2. The van der Waals surface area contributed by atoms with Gasteiger partial charge in [0.15, 0.2) is 0 Å². The molecule has 2 bridgehead atoms. The van der Waals surface area contributed by atoms with Gasteiger partial charge in [-0.15, -0.1) is 0 Å². The van der Waals surface area contributed by atoms with E-state index in [1.54, 1.807) is 18.2 Å². The van der Waals surface area contributed by atoms with E-state index in [4.69, 9.17) is 16.3 Å². The first kappa shape index (κ1) is 14.9. The molecule has 2 aliphatic carbocycles. The molecule has 3 rings (SSSR count). The van der Waals surface area contributed by atoms with Gasteiger partial charge >= 0.3 is 0 Å². The summed E-state index contributed by atoms with van der Waals surface area (Å²) >= 11 is 5.94. The third-order valence-electron chi connectivity index (χ3n) is 4.45. The molecule has 0 aromatic heterocycles. The Balaban J connectivity index is 1.84. The summed E-state index contributed by atoms with van der Waals surface area (Å²) in [4.78, 5) is 23.9. The zero-order valence-corrected chi connectivity index (χ0v) is 12.7. The van der Waals surface area contributed by atoms with Crippen molar-refractivity contribution >= 4 is 29.2 Å². The Bertz CT molecular complexity index is 658. The second kappa shape index (κ2) is 5.65. The molecule has 0 heterocycles. The highest BCUT2D eigenvalue weighted by molar-refractivity contribution is 6.31. The highest BCUT2D eigenvalue weighted by Gasteiger charge is 2.48.